The van der Waals surface area contributed by atoms with Crippen molar-refractivity contribution in [3.05, 3.63) is 24.3 Å². The largest absolute Gasteiger partial charge is 0.481 e. The molecule has 0 bridgehead atoms. The van der Waals surface area contributed by atoms with Crippen LogP contribution in [0.3, 0.4) is 0 Å². The molecule has 2 atom stereocenters. The minimum absolute atomic E-state index is 0.0222. The number of nitrogens with one attached hydrogen (secondary N) is 1. The van der Waals surface area contributed by atoms with Crippen LogP contribution in [0.25, 0.3) is 0 Å². The zero-order chi connectivity index (χ0) is 17.5. The smallest absolute Gasteiger partial charge is 0.322 e. The third kappa shape index (κ3) is 5.78. The number of hydrogen-bond acceptors (Lipinski definition) is 5. The van der Waals surface area contributed by atoms with Crippen LogP contribution in [-0.2, 0) is 14.8 Å². The molecule has 0 aliphatic carbocycles. The third-order valence-corrected chi connectivity index (χ3v) is 5.48. The van der Waals surface area contributed by atoms with E-state index in [9.17, 15) is 18.3 Å². The summed E-state index contributed by atoms with van der Waals surface area (Å²) in [6, 6.07) is 4.52. The van der Waals surface area contributed by atoms with Crippen molar-refractivity contribution in [1.29, 1.82) is 0 Å². The van der Waals surface area contributed by atoms with Crippen LogP contribution in [0.1, 0.15) is 13.8 Å². The van der Waals surface area contributed by atoms with Crippen molar-refractivity contribution in [1.82, 2.24) is 4.72 Å². The van der Waals surface area contributed by atoms with E-state index in [1.807, 2.05) is 0 Å². The number of carboxylic acid groups (broad SMARTS) is 1. The van der Waals surface area contributed by atoms with Gasteiger partial charge in [0.2, 0.25) is 10.0 Å². The molecule has 0 fully saturated rings. The third-order valence-electron chi connectivity index (χ3n) is 3.01. The number of hydrogen-bond donors (Lipinski definition) is 2. The molecule has 0 aromatic heterocycles. The van der Waals surface area contributed by atoms with Crippen LogP contribution in [-0.4, -0.2) is 43.6 Å². The fourth-order valence-corrected chi connectivity index (χ4v) is 3.44. The van der Waals surface area contributed by atoms with Gasteiger partial charge in [-0.25, -0.2) is 8.42 Å². The standard InChI is InChI=1S/C15H19NO5S2/c1-4-5-10-21-12-6-8-13(9-7-12)23(19,20)16-14(15(17)18)11(2)22-3/h6-9,11,14,16H,10H2,1-3H3,(H,17,18). The highest BCUT2D eigenvalue weighted by atomic mass is 32.2. The Morgan fingerprint density at radius 3 is 2.48 bits per heavy atom. The fourth-order valence-electron chi connectivity index (χ4n) is 1.62. The van der Waals surface area contributed by atoms with Gasteiger partial charge in [-0.2, -0.15) is 16.5 Å². The van der Waals surface area contributed by atoms with Crippen molar-refractivity contribution in [2.75, 3.05) is 12.9 Å². The highest BCUT2D eigenvalue weighted by molar-refractivity contribution is 7.99. The van der Waals surface area contributed by atoms with Crippen LogP contribution in [0, 0.1) is 11.8 Å². The summed E-state index contributed by atoms with van der Waals surface area (Å²) in [5.74, 6) is 4.68. The minimum Gasteiger partial charge on any atom is -0.481 e. The molecule has 0 saturated carbocycles. The normalized spacial score (nSPS) is 13.5. The number of benzene rings is 1. The van der Waals surface area contributed by atoms with Gasteiger partial charge >= 0.3 is 5.97 Å². The van der Waals surface area contributed by atoms with Crippen molar-refractivity contribution in [3.8, 4) is 17.6 Å². The van der Waals surface area contributed by atoms with Crippen molar-refractivity contribution in [2.24, 2.45) is 0 Å². The summed E-state index contributed by atoms with van der Waals surface area (Å²) in [6.45, 7) is 3.56. The molecule has 0 aliphatic rings. The molecule has 126 valence electrons. The van der Waals surface area contributed by atoms with E-state index in [1.165, 1.54) is 36.0 Å². The quantitative estimate of drug-likeness (QED) is 0.686. The average Bonchev–Trinajstić information content (AvgIpc) is 2.52. The molecule has 1 aromatic carbocycles. The van der Waals surface area contributed by atoms with Crippen LogP contribution >= 0.6 is 11.8 Å². The lowest BCUT2D eigenvalue weighted by Gasteiger charge is -2.19. The first-order valence-electron chi connectivity index (χ1n) is 6.72. The van der Waals surface area contributed by atoms with Crippen LogP contribution in [0.4, 0.5) is 0 Å². The lowest BCUT2D eigenvalue weighted by atomic mass is 10.2. The van der Waals surface area contributed by atoms with E-state index >= 15 is 0 Å². The van der Waals surface area contributed by atoms with Crippen molar-refractivity contribution in [2.45, 2.75) is 30.0 Å². The van der Waals surface area contributed by atoms with Crippen LogP contribution in [0.15, 0.2) is 29.2 Å². The Hall–Kier alpha value is -1.69. The lowest BCUT2D eigenvalue weighted by molar-refractivity contribution is -0.138. The molecule has 1 rings (SSSR count). The zero-order valence-corrected chi connectivity index (χ0v) is 14.7. The zero-order valence-electron chi connectivity index (χ0n) is 13.1. The summed E-state index contributed by atoms with van der Waals surface area (Å²) in [5.41, 5.74) is 0. The van der Waals surface area contributed by atoms with Gasteiger partial charge in [0.1, 0.15) is 18.4 Å². The maximum Gasteiger partial charge on any atom is 0.322 e. The summed E-state index contributed by atoms with van der Waals surface area (Å²) in [7, 11) is -3.93. The SMILES string of the molecule is CC#CCOc1ccc(S(=O)(=O)NC(C(=O)O)C(C)SC)cc1. The van der Waals surface area contributed by atoms with Crippen LogP contribution in [0.5, 0.6) is 5.75 Å². The van der Waals surface area contributed by atoms with Gasteiger partial charge in [-0.3, -0.25) is 4.79 Å². The first kappa shape index (κ1) is 19.4. The van der Waals surface area contributed by atoms with E-state index in [0.717, 1.165) is 0 Å². The molecule has 23 heavy (non-hydrogen) atoms. The van der Waals surface area contributed by atoms with Gasteiger partial charge in [-0.05, 0) is 37.4 Å². The Morgan fingerprint density at radius 1 is 1.39 bits per heavy atom. The molecule has 0 aliphatic heterocycles. The highest BCUT2D eigenvalue weighted by Gasteiger charge is 2.29. The maximum atomic E-state index is 12.3. The van der Waals surface area contributed by atoms with Crippen LogP contribution < -0.4 is 9.46 Å². The van der Waals surface area contributed by atoms with Crippen molar-refractivity contribution in [3.63, 3.8) is 0 Å². The Labute approximate surface area is 140 Å². The Kier molecular flexibility index (Phi) is 7.42. The first-order chi connectivity index (χ1) is 10.8. The fraction of sp³-hybridized carbons (Fsp3) is 0.400. The van der Waals surface area contributed by atoms with E-state index in [1.54, 1.807) is 20.1 Å². The lowest BCUT2D eigenvalue weighted by Crippen LogP contribution is -2.46. The second-order valence-corrected chi connectivity index (χ2v) is 7.49. The molecule has 0 amide bonds. The number of rotatable bonds is 8. The van der Waals surface area contributed by atoms with Crippen molar-refractivity contribution < 1.29 is 23.1 Å². The second-order valence-electron chi connectivity index (χ2n) is 4.56. The molecular weight excluding hydrogens is 338 g/mol. The topological polar surface area (TPSA) is 92.7 Å². The number of carbonyl (C=O) groups is 1. The average molecular weight is 357 g/mol. The van der Waals surface area contributed by atoms with E-state index in [-0.39, 0.29) is 11.5 Å². The number of thioether (sulfide) groups is 1. The van der Waals surface area contributed by atoms with Crippen molar-refractivity contribution >= 4 is 27.8 Å². The Morgan fingerprint density at radius 2 is 2.00 bits per heavy atom. The number of ether oxygens (including phenoxy) is 1. The molecule has 1 aromatic rings. The number of aliphatic carboxylic acids is 1. The van der Waals surface area contributed by atoms with Gasteiger partial charge in [0.15, 0.2) is 0 Å². The predicted octanol–water partition coefficient (Wildman–Crippen LogP) is 1.57. The molecule has 0 radical (unpaired) electrons. The van der Waals surface area contributed by atoms with E-state index in [0.29, 0.717) is 5.75 Å². The van der Waals surface area contributed by atoms with E-state index in [4.69, 9.17) is 4.74 Å². The first-order valence-corrected chi connectivity index (χ1v) is 9.49. The van der Waals surface area contributed by atoms with Gasteiger partial charge in [0.05, 0.1) is 4.90 Å². The molecule has 8 heteroatoms. The highest BCUT2D eigenvalue weighted by Crippen LogP contribution is 2.18. The summed E-state index contributed by atoms with van der Waals surface area (Å²) in [5, 5.41) is 8.77. The predicted molar refractivity (Wildman–Crippen MR) is 90.1 cm³/mol. The molecular formula is C15H19NO5S2. The Balaban J connectivity index is 2.90. The second kappa shape index (κ2) is 8.82. The van der Waals surface area contributed by atoms with Gasteiger partial charge in [0.25, 0.3) is 0 Å². The number of carboxylic acids is 1. The summed E-state index contributed by atoms with van der Waals surface area (Å²) >= 11 is 1.27. The van der Waals surface area contributed by atoms with Gasteiger partial charge in [-0.1, -0.05) is 12.8 Å². The summed E-state index contributed by atoms with van der Waals surface area (Å²) in [4.78, 5) is 11.2. The molecule has 0 spiro atoms. The summed E-state index contributed by atoms with van der Waals surface area (Å²) < 4.78 is 32.1. The monoisotopic (exact) mass is 357 g/mol. The maximum absolute atomic E-state index is 12.3. The minimum atomic E-state index is -3.93. The molecule has 0 saturated heterocycles. The van der Waals surface area contributed by atoms with Gasteiger partial charge in [-0.15, -0.1) is 5.92 Å². The molecule has 2 N–H and O–H groups in total. The van der Waals surface area contributed by atoms with E-state index in [2.05, 4.69) is 16.6 Å². The van der Waals surface area contributed by atoms with Gasteiger partial charge in [0, 0.05) is 5.25 Å². The van der Waals surface area contributed by atoms with Gasteiger partial charge < -0.3 is 9.84 Å². The van der Waals surface area contributed by atoms with Crippen LogP contribution in [0.2, 0.25) is 0 Å². The molecule has 6 nitrogen and oxygen atoms in total. The Bertz CT molecular complexity index is 689. The molecule has 0 heterocycles. The summed E-state index contributed by atoms with van der Waals surface area (Å²) in [6.07, 6.45) is 1.72. The molecule has 2 unspecified atom stereocenters. The van der Waals surface area contributed by atoms with E-state index < -0.39 is 27.3 Å². The number of sulfonamides is 1.